The van der Waals surface area contributed by atoms with Gasteiger partial charge in [0.15, 0.2) is 0 Å². The van der Waals surface area contributed by atoms with Gasteiger partial charge >= 0.3 is 6.16 Å². The largest absolute Gasteiger partial charge is 0.511 e. The van der Waals surface area contributed by atoms with Crippen molar-refractivity contribution in [2.75, 3.05) is 6.61 Å². The zero-order valence-corrected chi connectivity index (χ0v) is 17.2. The topological polar surface area (TPSA) is 65.0 Å². The molecule has 5 heteroatoms. The zero-order valence-electron chi connectivity index (χ0n) is 17.2. The van der Waals surface area contributed by atoms with E-state index >= 15 is 0 Å². The fourth-order valence-electron chi connectivity index (χ4n) is 3.05. The van der Waals surface area contributed by atoms with Gasteiger partial charge in [-0.1, -0.05) is 49.6 Å². The van der Waals surface area contributed by atoms with Crippen LogP contribution in [-0.4, -0.2) is 24.2 Å². The summed E-state index contributed by atoms with van der Waals surface area (Å²) < 4.78 is 15.8. The first kappa shape index (κ1) is 21.6. The number of carbonyl (C=O) groups excluding carboxylic acids is 1. The van der Waals surface area contributed by atoms with E-state index < -0.39 is 12.4 Å². The molecule has 0 radical (unpaired) electrons. The molecule has 0 aliphatic carbocycles. The van der Waals surface area contributed by atoms with Gasteiger partial charge in [-0.2, -0.15) is 0 Å². The standard InChI is InChI=1S/C23H30O5/c1-5-7-8-11-18-14-20(24)22(19-12-9-10-16(3)13-19)21(15-18)27-17(4)28-23(25)26-6-2/h9-10,12-15,17,24H,5-8,11H2,1-4H3. The van der Waals surface area contributed by atoms with E-state index in [-0.39, 0.29) is 12.4 Å². The van der Waals surface area contributed by atoms with Crippen molar-refractivity contribution in [1.29, 1.82) is 0 Å². The second kappa shape index (κ2) is 10.6. The van der Waals surface area contributed by atoms with Gasteiger partial charge in [-0.3, -0.25) is 0 Å². The summed E-state index contributed by atoms with van der Waals surface area (Å²) in [7, 11) is 0. The smallest absolute Gasteiger partial charge is 0.507 e. The molecule has 2 rings (SSSR count). The number of phenolic OH excluding ortho intramolecular Hbond substituents is 1. The van der Waals surface area contributed by atoms with Crippen molar-refractivity contribution in [1.82, 2.24) is 0 Å². The second-order valence-corrected chi connectivity index (χ2v) is 6.80. The first-order valence-corrected chi connectivity index (χ1v) is 9.87. The van der Waals surface area contributed by atoms with Gasteiger partial charge in [-0.15, -0.1) is 0 Å². The van der Waals surface area contributed by atoms with Crippen molar-refractivity contribution >= 4 is 6.16 Å². The first-order chi connectivity index (χ1) is 13.4. The van der Waals surface area contributed by atoms with Gasteiger partial charge in [0, 0.05) is 6.92 Å². The van der Waals surface area contributed by atoms with Gasteiger partial charge in [0.1, 0.15) is 11.5 Å². The molecule has 0 aromatic heterocycles. The van der Waals surface area contributed by atoms with Gasteiger partial charge in [0.25, 0.3) is 0 Å². The lowest BCUT2D eigenvalue weighted by Gasteiger charge is -2.19. The quantitative estimate of drug-likeness (QED) is 0.325. The summed E-state index contributed by atoms with van der Waals surface area (Å²) >= 11 is 0. The van der Waals surface area contributed by atoms with Gasteiger partial charge in [-0.25, -0.2) is 4.79 Å². The number of carbonyl (C=O) groups is 1. The Morgan fingerprint density at radius 3 is 2.61 bits per heavy atom. The Balaban J connectivity index is 2.35. The van der Waals surface area contributed by atoms with Crippen LogP contribution in [0.2, 0.25) is 0 Å². The van der Waals surface area contributed by atoms with Crippen molar-refractivity contribution in [2.45, 2.75) is 59.7 Å². The summed E-state index contributed by atoms with van der Waals surface area (Å²) in [5.41, 5.74) is 3.49. The molecule has 2 aromatic carbocycles. The predicted octanol–water partition coefficient (Wildman–Crippen LogP) is 6.00. The summed E-state index contributed by atoms with van der Waals surface area (Å²) in [6, 6.07) is 11.5. The van der Waals surface area contributed by atoms with E-state index in [1.165, 1.54) is 0 Å². The monoisotopic (exact) mass is 386 g/mol. The Kier molecular flexibility index (Phi) is 8.18. The molecule has 0 saturated heterocycles. The van der Waals surface area contributed by atoms with E-state index in [1.807, 2.05) is 37.3 Å². The number of hydrogen-bond donors (Lipinski definition) is 1. The highest BCUT2D eigenvalue weighted by atomic mass is 16.8. The van der Waals surface area contributed by atoms with Crippen LogP contribution in [0.1, 0.15) is 51.2 Å². The highest BCUT2D eigenvalue weighted by Crippen LogP contribution is 2.40. The molecule has 0 bridgehead atoms. The minimum atomic E-state index is -0.854. The molecule has 0 aliphatic rings. The van der Waals surface area contributed by atoms with Crippen LogP contribution in [0, 0.1) is 6.92 Å². The second-order valence-electron chi connectivity index (χ2n) is 6.80. The lowest BCUT2D eigenvalue weighted by Crippen LogP contribution is -2.22. The van der Waals surface area contributed by atoms with E-state index in [2.05, 4.69) is 6.92 Å². The van der Waals surface area contributed by atoms with E-state index in [1.54, 1.807) is 19.9 Å². The van der Waals surface area contributed by atoms with Crippen LogP contribution in [0.3, 0.4) is 0 Å². The van der Waals surface area contributed by atoms with Crippen LogP contribution in [0.15, 0.2) is 36.4 Å². The van der Waals surface area contributed by atoms with Crippen LogP contribution >= 0.6 is 0 Å². The van der Waals surface area contributed by atoms with Crippen molar-refractivity contribution in [3.05, 3.63) is 47.5 Å². The SMILES string of the molecule is CCCCCc1cc(O)c(-c2cccc(C)c2)c(OC(C)OC(=O)OCC)c1. The van der Waals surface area contributed by atoms with Crippen molar-refractivity contribution in [2.24, 2.45) is 0 Å². The number of aryl methyl sites for hydroxylation is 2. The van der Waals surface area contributed by atoms with E-state index in [0.29, 0.717) is 11.3 Å². The van der Waals surface area contributed by atoms with Gasteiger partial charge in [0.2, 0.25) is 6.29 Å². The number of unbranched alkanes of at least 4 members (excludes halogenated alkanes) is 2. The lowest BCUT2D eigenvalue weighted by molar-refractivity contribution is -0.0516. The maximum absolute atomic E-state index is 11.6. The van der Waals surface area contributed by atoms with Crippen LogP contribution in [0.4, 0.5) is 4.79 Å². The number of rotatable bonds is 9. The summed E-state index contributed by atoms with van der Waals surface area (Å²) in [6.07, 6.45) is 2.50. The third-order valence-corrected chi connectivity index (χ3v) is 4.33. The molecule has 1 N–H and O–H groups in total. The van der Waals surface area contributed by atoms with Crippen LogP contribution < -0.4 is 4.74 Å². The fourth-order valence-corrected chi connectivity index (χ4v) is 3.05. The number of ether oxygens (including phenoxy) is 3. The molecule has 152 valence electrons. The average Bonchev–Trinajstić information content (AvgIpc) is 2.61. The molecular weight excluding hydrogens is 356 g/mol. The molecule has 0 amide bonds. The Bertz CT molecular complexity index is 785. The molecule has 5 nitrogen and oxygen atoms in total. The summed E-state index contributed by atoms with van der Waals surface area (Å²) in [6.45, 7) is 7.71. The number of hydrogen-bond acceptors (Lipinski definition) is 5. The van der Waals surface area contributed by atoms with Crippen LogP contribution in [0.5, 0.6) is 11.5 Å². The third kappa shape index (κ3) is 6.19. The first-order valence-electron chi connectivity index (χ1n) is 9.87. The Labute approximate surface area is 167 Å². The molecule has 0 aliphatic heterocycles. The molecule has 0 spiro atoms. The molecular formula is C23H30O5. The van der Waals surface area contributed by atoms with Gasteiger partial charge in [0.05, 0.1) is 12.2 Å². The molecule has 0 fully saturated rings. The Morgan fingerprint density at radius 1 is 1.14 bits per heavy atom. The molecule has 1 atom stereocenters. The highest BCUT2D eigenvalue weighted by Gasteiger charge is 2.18. The molecule has 2 aromatic rings. The minimum absolute atomic E-state index is 0.151. The van der Waals surface area contributed by atoms with E-state index in [0.717, 1.165) is 42.4 Å². The predicted molar refractivity (Wildman–Crippen MR) is 110 cm³/mol. The normalized spacial score (nSPS) is 11.7. The molecule has 0 saturated carbocycles. The highest BCUT2D eigenvalue weighted by molar-refractivity contribution is 5.77. The maximum atomic E-state index is 11.6. The summed E-state index contributed by atoms with van der Waals surface area (Å²) in [5, 5.41) is 10.7. The van der Waals surface area contributed by atoms with E-state index in [9.17, 15) is 9.90 Å². The Hall–Kier alpha value is -2.69. The molecule has 0 heterocycles. The molecule has 1 unspecified atom stereocenters. The number of phenols is 1. The van der Waals surface area contributed by atoms with Gasteiger partial charge < -0.3 is 19.3 Å². The van der Waals surface area contributed by atoms with Crippen LogP contribution in [-0.2, 0) is 15.9 Å². The average molecular weight is 386 g/mol. The van der Waals surface area contributed by atoms with Crippen LogP contribution in [0.25, 0.3) is 11.1 Å². The van der Waals surface area contributed by atoms with Crippen molar-refractivity contribution in [3.8, 4) is 22.6 Å². The van der Waals surface area contributed by atoms with E-state index in [4.69, 9.17) is 14.2 Å². The summed E-state index contributed by atoms with van der Waals surface area (Å²) in [5.74, 6) is 0.631. The third-order valence-electron chi connectivity index (χ3n) is 4.33. The Morgan fingerprint density at radius 2 is 1.93 bits per heavy atom. The summed E-state index contributed by atoms with van der Waals surface area (Å²) in [4.78, 5) is 11.6. The lowest BCUT2D eigenvalue weighted by atomic mass is 9.97. The number of aromatic hydroxyl groups is 1. The minimum Gasteiger partial charge on any atom is -0.507 e. The number of benzene rings is 2. The fraction of sp³-hybridized carbons (Fsp3) is 0.435. The zero-order chi connectivity index (χ0) is 20.5. The van der Waals surface area contributed by atoms with Crippen molar-refractivity contribution in [3.63, 3.8) is 0 Å². The van der Waals surface area contributed by atoms with Crippen molar-refractivity contribution < 1.29 is 24.1 Å². The van der Waals surface area contributed by atoms with Gasteiger partial charge in [-0.05, 0) is 49.9 Å². The maximum Gasteiger partial charge on any atom is 0.511 e. The molecule has 28 heavy (non-hydrogen) atoms.